The van der Waals surface area contributed by atoms with Gasteiger partial charge in [0.2, 0.25) is 11.8 Å². The van der Waals surface area contributed by atoms with Crippen LogP contribution in [0.3, 0.4) is 0 Å². The molecule has 0 saturated carbocycles. The standard InChI is InChI=1S/C25H19Cl2N3O2S/c1-14-3-9-22-21(11-14)28-24(32-22)17-5-4-15(2)20(12-17)29-25(33)30-23(31)10-7-16-6-8-18(26)13-19(16)27/h3-13H,1-2H3,(H2,29,30,31,33)/b10-7+. The Hall–Kier alpha value is -3.19. The first-order valence-electron chi connectivity index (χ1n) is 10.0. The van der Waals surface area contributed by atoms with Crippen LogP contribution in [-0.4, -0.2) is 16.0 Å². The van der Waals surface area contributed by atoms with Gasteiger partial charge in [0.1, 0.15) is 5.52 Å². The molecule has 0 saturated heterocycles. The molecule has 166 valence electrons. The summed E-state index contributed by atoms with van der Waals surface area (Å²) in [5.74, 6) is 0.123. The van der Waals surface area contributed by atoms with Gasteiger partial charge in [-0.15, -0.1) is 0 Å². The number of carbonyl (C=O) groups is 1. The van der Waals surface area contributed by atoms with Crippen LogP contribution in [0.5, 0.6) is 0 Å². The fourth-order valence-electron chi connectivity index (χ4n) is 3.16. The van der Waals surface area contributed by atoms with Crippen molar-refractivity contribution in [3.05, 3.63) is 87.4 Å². The number of thiocarbonyl (C=S) groups is 1. The van der Waals surface area contributed by atoms with Gasteiger partial charge >= 0.3 is 0 Å². The third-order valence-corrected chi connectivity index (χ3v) is 5.66. The van der Waals surface area contributed by atoms with Crippen LogP contribution in [0.15, 0.2) is 65.1 Å². The molecule has 0 aliphatic heterocycles. The number of carbonyl (C=O) groups excluding carboxylic acids is 1. The molecule has 0 aliphatic carbocycles. The van der Waals surface area contributed by atoms with E-state index in [9.17, 15) is 4.79 Å². The second-order valence-corrected chi connectivity index (χ2v) is 8.71. The lowest BCUT2D eigenvalue weighted by Gasteiger charge is -2.11. The molecule has 1 amide bonds. The lowest BCUT2D eigenvalue weighted by atomic mass is 10.1. The maximum absolute atomic E-state index is 12.3. The van der Waals surface area contributed by atoms with Crippen LogP contribution in [0, 0.1) is 13.8 Å². The number of nitrogens with zero attached hydrogens (tertiary/aromatic N) is 1. The first-order chi connectivity index (χ1) is 15.8. The number of aromatic nitrogens is 1. The minimum Gasteiger partial charge on any atom is -0.436 e. The molecule has 0 aliphatic rings. The molecule has 1 heterocycles. The Labute approximate surface area is 206 Å². The van der Waals surface area contributed by atoms with Crippen LogP contribution in [0.2, 0.25) is 10.0 Å². The van der Waals surface area contributed by atoms with Crippen molar-refractivity contribution < 1.29 is 9.21 Å². The molecule has 8 heteroatoms. The monoisotopic (exact) mass is 495 g/mol. The molecule has 33 heavy (non-hydrogen) atoms. The van der Waals surface area contributed by atoms with E-state index in [2.05, 4.69) is 15.6 Å². The predicted octanol–water partition coefficient (Wildman–Crippen LogP) is 6.94. The number of amides is 1. The number of fused-ring (bicyclic) bond motifs is 1. The first kappa shape index (κ1) is 23.0. The average Bonchev–Trinajstić information content (AvgIpc) is 3.17. The second kappa shape index (κ2) is 9.75. The van der Waals surface area contributed by atoms with Gasteiger partial charge in [-0.1, -0.05) is 41.4 Å². The molecule has 0 radical (unpaired) electrons. The maximum Gasteiger partial charge on any atom is 0.250 e. The molecular weight excluding hydrogens is 477 g/mol. The van der Waals surface area contributed by atoms with Crippen molar-refractivity contribution >= 4 is 69.3 Å². The number of halogens is 2. The zero-order chi connectivity index (χ0) is 23.5. The van der Waals surface area contributed by atoms with Gasteiger partial charge in [-0.05, 0) is 85.2 Å². The van der Waals surface area contributed by atoms with E-state index in [4.69, 9.17) is 39.8 Å². The van der Waals surface area contributed by atoms with Crippen molar-refractivity contribution in [2.24, 2.45) is 0 Å². The smallest absolute Gasteiger partial charge is 0.250 e. The van der Waals surface area contributed by atoms with Gasteiger partial charge in [-0.3, -0.25) is 10.1 Å². The van der Waals surface area contributed by atoms with Crippen LogP contribution in [0.1, 0.15) is 16.7 Å². The summed E-state index contributed by atoms with van der Waals surface area (Å²) in [6.45, 7) is 3.95. The number of hydrogen-bond acceptors (Lipinski definition) is 4. The number of anilines is 1. The Morgan fingerprint density at radius 2 is 1.88 bits per heavy atom. The SMILES string of the molecule is Cc1ccc2oc(-c3ccc(C)c(NC(=S)NC(=O)/C=C/c4ccc(Cl)cc4Cl)c3)nc2c1. The normalized spacial score (nSPS) is 11.2. The van der Waals surface area contributed by atoms with Gasteiger partial charge in [0.05, 0.1) is 0 Å². The highest BCUT2D eigenvalue weighted by Crippen LogP contribution is 2.28. The molecule has 0 spiro atoms. The van der Waals surface area contributed by atoms with Gasteiger partial charge < -0.3 is 9.73 Å². The maximum atomic E-state index is 12.3. The van der Waals surface area contributed by atoms with Crippen LogP contribution in [0.4, 0.5) is 5.69 Å². The first-order valence-corrected chi connectivity index (χ1v) is 11.2. The summed E-state index contributed by atoms with van der Waals surface area (Å²) in [4.78, 5) is 16.9. The van der Waals surface area contributed by atoms with Gasteiger partial charge in [-0.2, -0.15) is 0 Å². The van der Waals surface area contributed by atoms with E-state index in [0.717, 1.165) is 33.5 Å². The lowest BCUT2D eigenvalue weighted by Crippen LogP contribution is -2.33. The molecule has 4 rings (SSSR count). The molecule has 1 aromatic heterocycles. The molecule has 0 bridgehead atoms. The highest BCUT2D eigenvalue weighted by Gasteiger charge is 2.11. The Balaban J connectivity index is 1.46. The van der Waals surface area contributed by atoms with Crippen LogP contribution < -0.4 is 10.6 Å². The Kier molecular flexibility index (Phi) is 6.79. The van der Waals surface area contributed by atoms with E-state index in [1.165, 1.54) is 6.08 Å². The van der Waals surface area contributed by atoms with Crippen molar-refractivity contribution in [1.29, 1.82) is 0 Å². The van der Waals surface area contributed by atoms with Gasteiger partial charge in [0.25, 0.3) is 0 Å². The number of oxazole rings is 1. The van der Waals surface area contributed by atoms with Crippen LogP contribution in [0.25, 0.3) is 28.6 Å². The molecule has 0 atom stereocenters. The molecule has 2 N–H and O–H groups in total. The minimum absolute atomic E-state index is 0.167. The molecule has 5 nitrogen and oxygen atoms in total. The number of benzene rings is 3. The minimum atomic E-state index is -0.387. The Morgan fingerprint density at radius 1 is 1.06 bits per heavy atom. The van der Waals surface area contributed by atoms with E-state index in [-0.39, 0.29) is 11.0 Å². The fourth-order valence-corrected chi connectivity index (χ4v) is 3.84. The third kappa shape index (κ3) is 5.60. The van der Waals surface area contributed by atoms with Crippen molar-refractivity contribution in [2.45, 2.75) is 13.8 Å². The Morgan fingerprint density at radius 3 is 2.67 bits per heavy atom. The van der Waals surface area contributed by atoms with E-state index >= 15 is 0 Å². The van der Waals surface area contributed by atoms with E-state index in [0.29, 0.717) is 21.5 Å². The molecule has 4 aromatic rings. The zero-order valence-electron chi connectivity index (χ0n) is 17.8. The lowest BCUT2D eigenvalue weighted by molar-refractivity contribution is -0.115. The number of hydrogen-bond donors (Lipinski definition) is 2. The molecule has 0 fully saturated rings. The predicted molar refractivity (Wildman–Crippen MR) is 139 cm³/mol. The summed E-state index contributed by atoms with van der Waals surface area (Å²) in [6.07, 6.45) is 2.95. The molecule has 0 unspecified atom stereocenters. The quantitative estimate of drug-likeness (QED) is 0.237. The van der Waals surface area contributed by atoms with E-state index < -0.39 is 0 Å². The highest BCUT2D eigenvalue weighted by atomic mass is 35.5. The summed E-state index contributed by atoms with van der Waals surface area (Å²) >= 11 is 17.3. The van der Waals surface area contributed by atoms with Crippen molar-refractivity contribution in [3.63, 3.8) is 0 Å². The van der Waals surface area contributed by atoms with Crippen molar-refractivity contribution in [3.8, 4) is 11.5 Å². The topological polar surface area (TPSA) is 67.2 Å². The van der Waals surface area contributed by atoms with Crippen molar-refractivity contribution in [1.82, 2.24) is 10.3 Å². The zero-order valence-corrected chi connectivity index (χ0v) is 20.1. The summed E-state index contributed by atoms with van der Waals surface area (Å²) < 4.78 is 5.89. The highest BCUT2D eigenvalue weighted by molar-refractivity contribution is 7.80. The van der Waals surface area contributed by atoms with Crippen LogP contribution in [-0.2, 0) is 4.79 Å². The average molecular weight is 496 g/mol. The molecular formula is C25H19Cl2N3O2S. The second-order valence-electron chi connectivity index (χ2n) is 7.46. The summed E-state index contributed by atoms with van der Waals surface area (Å²) in [5, 5.41) is 6.84. The number of rotatable bonds is 4. The van der Waals surface area contributed by atoms with E-state index in [1.807, 2.05) is 50.2 Å². The number of nitrogens with one attached hydrogen (secondary N) is 2. The van der Waals surface area contributed by atoms with E-state index in [1.54, 1.807) is 24.3 Å². The summed E-state index contributed by atoms with van der Waals surface area (Å²) in [6, 6.07) is 16.7. The molecule has 3 aromatic carbocycles. The van der Waals surface area contributed by atoms with Gasteiger partial charge in [0.15, 0.2) is 10.7 Å². The van der Waals surface area contributed by atoms with Crippen LogP contribution >= 0.6 is 35.4 Å². The Bertz CT molecular complexity index is 1410. The van der Waals surface area contributed by atoms with Gasteiger partial charge in [0, 0.05) is 27.4 Å². The fraction of sp³-hybridized carbons (Fsp3) is 0.0800. The number of aryl methyl sites for hydroxylation is 2. The summed E-state index contributed by atoms with van der Waals surface area (Å²) in [5.41, 5.74) is 5.79. The third-order valence-electron chi connectivity index (χ3n) is 4.89. The van der Waals surface area contributed by atoms with Gasteiger partial charge in [-0.25, -0.2) is 4.98 Å². The largest absolute Gasteiger partial charge is 0.436 e. The summed E-state index contributed by atoms with van der Waals surface area (Å²) in [7, 11) is 0. The van der Waals surface area contributed by atoms with Crippen molar-refractivity contribution in [2.75, 3.05) is 5.32 Å².